The maximum Gasteiger partial charge on any atom is 0.223 e. The zero-order valence-corrected chi connectivity index (χ0v) is 11.0. The predicted molar refractivity (Wildman–Crippen MR) is 68.9 cm³/mol. The van der Waals surface area contributed by atoms with E-state index in [1.807, 2.05) is 0 Å². The molecule has 4 nitrogen and oxygen atoms in total. The Balaban J connectivity index is 1.54. The summed E-state index contributed by atoms with van der Waals surface area (Å²) in [5.41, 5.74) is 0. The van der Waals surface area contributed by atoms with E-state index in [-0.39, 0.29) is 5.91 Å². The van der Waals surface area contributed by atoms with Crippen LogP contribution in [-0.2, 0) is 4.79 Å². The molecule has 0 bridgehead atoms. The Morgan fingerprint density at radius 3 is 2.71 bits per heavy atom. The summed E-state index contributed by atoms with van der Waals surface area (Å²) in [6, 6.07) is 1.29. The predicted octanol–water partition coefficient (Wildman–Crippen LogP) is 0.585. The van der Waals surface area contributed by atoms with Crippen molar-refractivity contribution in [2.24, 2.45) is 5.92 Å². The largest absolute Gasteiger partial charge is 0.355 e. The molecule has 17 heavy (non-hydrogen) atoms. The van der Waals surface area contributed by atoms with Crippen molar-refractivity contribution in [3.05, 3.63) is 0 Å². The minimum absolute atomic E-state index is 0.253. The van der Waals surface area contributed by atoms with E-state index < -0.39 is 0 Å². The Bertz CT molecular complexity index is 265. The van der Waals surface area contributed by atoms with Crippen LogP contribution in [0.15, 0.2) is 0 Å². The standard InChI is InChI=1S/C13H25N3O/c1-10-9-12(5-8-16(10)2)14-6-7-15-13(17)11-3-4-11/h10-12,14H,3-9H2,1-2H3,(H,15,17). The monoisotopic (exact) mass is 239 g/mol. The average molecular weight is 239 g/mol. The molecule has 0 aromatic heterocycles. The Hall–Kier alpha value is -0.610. The molecule has 1 saturated carbocycles. The van der Waals surface area contributed by atoms with Gasteiger partial charge in [-0.05, 0) is 46.2 Å². The summed E-state index contributed by atoms with van der Waals surface area (Å²) >= 11 is 0. The van der Waals surface area contributed by atoms with Gasteiger partial charge in [0.05, 0.1) is 0 Å². The summed E-state index contributed by atoms with van der Waals surface area (Å²) in [6.45, 7) is 5.13. The van der Waals surface area contributed by atoms with Crippen molar-refractivity contribution in [3.8, 4) is 0 Å². The van der Waals surface area contributed by atoms with Gasteiger partial charge >= 0.3 is 0 Å². The number of carbonyl (C=O) groups is 1. The molecule has 2 aliphatic rings. The number of nitrogens with zero attached hydrogens (tertiary/aromatic N) is 1. The van der Waals surface area contributed by atoms with Gasteiger partial charge in [0.1, 0.15) is 0 Å². The summed E-state index contributed by atoms with van der Waals surface area (Å²) in [4.78, 5) is 13.8. The van der Waals surface area contributed by atoms with Gasteiger partial charge in [-0.3, -0.25) is 4.79 Å². The van der Waals surface area contributed by atoms with Crippen molar-refractivity contribution < 1.29 is 4.79 Å². The molecule has 0 radical (unpaired) electrons. The van der Waals surface area contributed by atoms with Gasteiger partial charge in [-0.2, -0.15) is 0 Å². The second-order valence-corrected chi connectivity index (χ2v) is 5.57. The average Bonchev–Trinajstić information content (AvgIpc) is 3.13. The highest BCUT2D eigenvalue weighted by Gasteiger charge is 2.29. The summed E-state index contributed by atoms with van der Waals surface area (Å²) in [6.07, 6.45) is 4.61. The van der Waals surface area contributed by atoms with Crippen LogP contribution in [0.1, 0.15) is 32.6 Å². The van der Waals surface area contributed by atoms with Crippen LogP contribution < -0.4 is 10.6 Å². The van der Waals surface area contributed by atoms with Crippen molar-refractivity contribution in [3.63, 3.8) is 0 Å². The molecule has 2 N–H and O–H groups in total. The summed E-state index contributed by atoms with van der Waals surface area (Å²) in [5, 5.41) is 6.54. The van der Waals surface area contributed by atoms with Crippen molar-refractivity contribution in [2.75, 3.05) is 26.7 Å². The number of likely N-dealkylation sites (tertiary alicyclic amines) is 1. The zero-order valence-electron chi connectivity index (χ0n) is 11.0. The molecule has 0 aromatic rings. The quantitative estimate of drug-likeness (QED) is 0.690. The van der Waals surface area contributed by atoms with Crippen molar-refractivity contribution in [2.45, 2.75) is 44.7 Å². The Morgan fingerprint density at radius 2 is 2.06 bits per heavy atom. The molecule has 0 spiro atoms. The molecule has 1 amide bonds. The van der Waals surface area contributed by atoms with Crippen LogP contribution in [0.2, 0.25) is 0 Å². The van der Waals surface area contributed by atoms with Gasteiger partial charge in [0.2, 0.25) is 5.91 Å². The number of piperidine rings is 1. The van der Waals surface area contributed by atoms with Gasteiger partial charge < -0.3 is 15.5 Å². The first kappa shape index (κ1) is 12.8. The van der Waals surface area contributed by atoms with E-state index >= 15 is 0 Å². The molecule has 1 aliphatic carbocycles. The van der Waals surface area contributed by atoms with Crippen LogP contribution >= 0.6 is 0 Å². The van der Waals surface area contributed by atoms with E-state index in [2.05, 4.69) is 29.5 Å². The van der Waals surface area contributed by atoms with E-state index in [1.165, 1.54) is 19.4 Å². The number of hydrogen-bond donors (Lipinski definition) is 2. The van der Waals surface area contributed by atoms with Crippen molar-refractivity contribution >= 4 is 5.91 Å². The summed E-state index contributed by atoms with van der Waals surface area (Å²) in [7, 11) is 2.19. The fourth-order valence-corrected chi connectivity index (χ4v) is 2.43. The van der Waals surface area contributed by atoms with E-state index in [0.717, 1.165) is 25.9 Å². The first-order valence-electron chi connectivity index (χ1n) is 6.88. The lowest BCUT2D eigenvalue weighted by molar-refractivity contribution is -0.122. The van der Waals surface area contributed by atoms with E-state index in [0.29, 0.717) is 18.0 Å². The maximum absolute atomic E-state index is 11.4. The van der Waals surface area contributed by atoms with Crippen molar-refractivity contribution in [1.29, 1.82) is 0 Å². The highest BCUT2D eigenvalue weighted by molar-refractivity contribution is 5.80. The number of carbonyl (C=O) groups excluding carboxylic acids is 1. The Labute approximate surface area is 104 Å². The highest BCUT2D eigenvalue weighted by atomic mass is 16.2. The molecule has 2 fully saturated rings. The van der Waals surface area contributed by atoms with Crippen LogP contribution in [0, 0.1) is 5.92 Å². The van der Waals surface area contributed by atoms with Crippen LogP contribution in [0.25, 0.3) is 0 Å². The molecule has 2 unspecified atom stereocenters. The van der Waals surface area contributed by atoms with E-state index in [4.69, 9.17) is 0 Å². The van der Waals surface area contributed by atoms with Gasteiger partial charge in [0, 0.05) is 31.1 Å². The smallest absolute Gasteiger partial charge is 0.223 e. The molecule has 2 atom stereocenters. The summed E-state index contributed by atoms with van der Waals surface area (Å²) in [5.74, 6) is 0.585. The molecular formula is C13H25N3O. The summed E-state index contributed by atoms with van der Waals surface area (Å²) < 4.78 is 0. The second kappa shape index (κ2) is 5.83. The maximum atomic E-state index is 11.4. The molecule has 1 heterocycles. The molecule has 98 valence electrons. The lowest BCUT2D eigenvalue weighted by atomic mass is 9.99. The Morgan fingerprint density at radius 1 is 1.29 bits per heavy atom. The SMILES string of the molecule is CC1CC(NCCNC(=O)C2CC2)CCN1C. The lowest BCUT2D eigenvalue weighted by Gasteiger charge is -2.35. The number of nitrogens with one attached hydrogen (secondary N) is 2. The van der Waals surface area contributed by atoms with Gasteiger partial charge in [0.25, 0.3) is 0 Å². The first-order chi connectivity index (χ1) is 8.16. The van der Waals surface area contributed by atoms with Gasteiger partial charge in [-0.25, -0.2) is 0 Å². The Kier molecular flexibility index (Phi) is 4.40. The number of hydrogen-bond acceptors (Lipinski definition) is 3. The van der Waals surface area contributed by atoms with E-state index in [1.54, 1.807) is 0 Å². The fourth-order valence-electron chi connectivity index (χ4n) is 2.43. The minimum Gasteiger partial charge on any atom is -0.355 e. The molecule has 1 saturated heterocycles. The third-order valence-electron chi connectivity index (χ3n) is 4.01. The van der Waals surface area contributed by atoms with Crippen LogP contribution in [0.3, 0.4) is 0 Å². The van der Waals surface area contributed by atoms with Gasteiger partial charge in [-0.15, -0.1) is 0 Å². The molecule has 1 aliphatic heterocycles. The second-order valence-electron chi connectivity index (χ2n) is 5.57. The normalized spacial score (nSPS) is 30.2. The zero-order chi connectivity index (χ0) is 12.3. The van der Waals surface area contributed by atoms with Crippen LogP contribution in [-0.4, -0.2) is 49.6 Å². The molecular weight excluding hydrogens is 214 g/mol. The van der Waals surface area contributed by atoms with Gasteiger partial charge in [0.15, 0.2) is 0 Å². The highest BCUT2D eigenvalue weighted by Crippen LogP contribution is 2.28. The van der Waals surface area contributed by atoms with Crippen LogP contribution in [0.5, 0.6) is 0 Å². The molecule has 2 rings (SSSR count). The number of amides is 1. The lowest BCUT2D eigenvalue weighted by Crippen LogP contribution is -2.47. The molecule has 0 aromatic carbocycles. The number of rotatable bonds is 5. The third kappa shape index (κ3) is 3.96. The third-order valence-corrected chi connectivity index (χ3v) is 4.01. The fraction of sp³-hybridized carbons (Fsp3) is 0.923. The minimum atomic E-state index is 0.253. The van der Waals surface area contributed by atoms with Crippen molar-refractivity contribution in [1.82, 2.24) is 15.5 Å². The van der Waals surface area contributed by atoms with E-state index in [9.17, 15) is 4.79 Å². The molecule has 4 heteroatoms. The topological polar surface area (TPSA) is 44.4 Å². The van der Waals surface area contributed by atoms with Gasteiger partial charge in [-0.1, -0.05) is 0 Å². The van der Waals surface area contributed by atoms with Crippen LogP contribution in [0.4, 0.5) is 0 Å². The first-order valence-corrected chi connectivity index (χ1v) is 6.88.